The molecule has 1 aromatic carbocycles. The van der Waals surface area contributed by atoms with E-state index in [1.807, 2.05) is 6.92 Å². The highest BCUT2D eigenvalue weighted by Crippen LogP contribution is 2.55. The lowest BCUT2D eigenvalue weighted by Gasteiger charge is -2.31. The van der Waals surface area contributed by atoms with Gasteiger partial charge in [0.05, 0.1) is 5.60 Å². The second-order valence-electron chi connectivity index (χ2n) is 6.87. The monoisotopic (exact) mass is 323 g/mol. The molecule has 0 aliphatic carbocycles. The van der Waals surface area contributed by atoms with Crippen molar-refractivity contribution in [1.82, 2.24) is 0 Å². The maximum Gasteiger partial charge on any atom is 0.411 e. The Morgan fingerprint density at radius 1 is 1.45 bits per heavy atom. The Balaban J connectivity index is 1.65. The van der Waals surface area contributed by atoms with Crippen LogP contribution in [-0.2, 0) is 9.47 Å². The maximum atomic E-state index is 12.1. The van der Waals surface area contributed by atoms with E-state index in [1.54, 1.807) is 24.3 Å². The van der Waals surface area contributed by atoms with Gasteiger partial charge >= 0.3 is 6.09 Å². The third-order valence-electron chi connectivity index (χ3n) is 5.07. The molecule has 0 saturated carbocycles. The molecule has 120 valence electrons. The fraction of sp³-hybridized carbons (Fsp3) is 0.588. The van der Waals surface area contributed by atoms with Gasteiger partial charge in [-0.25, -0.2) is 4.79 Å². The van der Waals surface area contributed by atoms with Crippen LogP contribution in [0.25, 0.3) is 0 Å². The molecule has 1 N–H and O–H groups in total. The Bertz CT molecular complexity index is 591. The van der Waals surface area contributed by atoms with E-state index in [0.29, 0.717) is 16.6 Å². The molecule has 5 heteroatoms. The molecule has 2 aliphatic rings. The van der Waals surface area contributed by atoms with Crippen molar-refractivity contribution in [1.29, 1.82) is 0 Å². The molecule has 3 rings (SSSR count). The number of carbonyl (C=O) groups excluding carboxylic acids is 1. The summed E-state index contributed by atoms with van der Waals surface area (Å²) in [5, 5.41) is 3.30. The first-order valence-corrected chi connectivity index (χ1v) is 8.14. The molecule has 3 atom stereocenters. The summed E-state index contributed by atoms with van der Waals surface area (Å²) >= 11 is 5.91. The molecule has 1 amide bonds. The minimum Gasteiger partial charge on any atom is -0.443 e. The predicted molar refractivity (Wildman–Crippen MR) is 86.3 cm³/mol. The molecule has 2 fully saturated rings. The zero-order chi connectivity index (χ0) is 16.0. The van der Waals surface area contributed by atoms with Gasteiger partial charge in [-0.2, -0.15) is 0 Å². The van der Waals surface area contributed by atoms with Crippen molar-refractivity contribution in [2.24, 2.45) is 5.92 Å². The van der Waals surface area contributed by atoms with E-state index < -0.39 is 6.09 Å². The van der Waals surface area contributed by atoms with Gasteiger partial charge in [0.15, 0.2) is 0 Å². The van der Waals surface area contributed by atoms with Crippen LogP contribution in [0.2, 0.25) is 5.02 Å². The van der Waals surface area contributed by atoms with E-state index in [9.17, 15) is 4.79 Å². The highest BCUT2D eigenvalue weighted by molar-refractivity contribution is 6.30. The maximum absolute atomic E-state index is 12.1. The van der Waals surface area contributed by atoms with Crippen LogP contribution >= 0.6 is 11.6 Å². The molecule has 2 heterocycles. The van der Waals surface area contributed by atoms with E-state index in [0.717, 1.165) is 19.3 Å². The number of nitrogens with one attached hydrogen (secondary N) is 1. The number of ether oxygens (including phenoxy) is 2. The molecule has 0 unspecified atom stereocenters. The largest absolute Gasteiger partial charge is 0.443 e. The summed E-state index contributed by atoms with van der Waals surface area (Å²) in [5.74, 6) is 0.416. The van der Waals surface area contributed by atoms with Gasteiger partial charge in [-0.05, 0) is 43.9 Å². The number of halogens is 1. The second kappa shape index (κ2) is 5.43. The van der Waals surface area contributed by atoms with Crippen molar-refractivity contribution in [3.8, 4) is 0 Å². The zero-order valence-corrected chi connectivity index (χ0v) is 13.9. The van der Waals surface area contributed by atoms with Crippen molar-refractivity contribution in [3.05, 3.63) is 29.3 Å². The summed E-state index contributed by atoms with van der Waals surface area (Å²) in [6.45, 7) is 6.38. The Morgan fingerprint density at radius 3 is 2.86 bits per heavy atom. The molecule has 0 radical (unpaired) electrons. The molecule has 2 aliphatic heterocycles. The van der Waals surface area contributed by atoms with Gasteiger partial charge in [0.1, 0.15) is 11.7 Å². The van der Waals surface area contributed by atoms with Crippen LogP contribution in [0.15, 0.2) is 24.3 Å². The van der Waals surface area contributed by atoms with E-state index in [2.05, 4.69) is 19.2 Å². The lowest BCUT2D eigenvalue weighted by atomic mass is 9.75. The average Bonchev–Trinajstić information content (AvgIpc) is 2.91. The first-order valence-electron chi connectivity index (χ1n) is 7.76. The summed E-state index contributed by atoms with van der Waals surface area (Å²) in [4.78, 5) is 12.1. The summed E-state index contributed by atoms with van der Waals surface area (Å²) in [7, 11) is 0. The molecule has 2 bridgehead atoms. The van der Waals surface area contributed by atoms with Crippen LogP contribution in [0.4, 0.5) is 10.5 Å². The predicted octanol–water partition coefficient (Wildman–Crippen LogP) is 4.62. The number of rotatable bonds is 3. The van der Waals surface area contributed by atoms with Crippen LogP contribution in [0.3, 0.4) is 0 Å². The number of amides is 1. The van der Waals surface area contributed by atoms with Crippen LogP contribution in [0.1, 0.15) is 40.0 Å². The van der Waals surface area contributed by atoms with Crippen LogP contribution in [0, 0.1) is 5.92 Å². The standard InChI is InChI=1S/C17H22ClNO3/c1-11(2)17-8-7-16(3,22-17)14(10-17)21-15(20)19-13-6-4-5-12(18)9-13/h4-6,9,11,14H,7-8,10H2,1-3H3,(H,19,20)/t14-,16+,17+/m0/s1. The number of hydrogen-bond donors (Lipinski definition) is 1. The Morgan fingerprint density at radius 2 is 2.23 bits per heavy atom. The zero-order valence-electron chi connectivity index (χ0n) is 13.2. The first kappa shape index (κ1) is 15.6. The lowest BCUT2D eigenvalue weighted by molar-refractivity contribution is -0.0807. The van der Waals surface area contributed by atoms with E-state index >= 15 is 0 Å². The molecule has 2 saturated heterocycles. The quantitative estimate of drug-likeness (QED) is 0.882. The van der Waals surface area contributed by atoms with Gasteiger partial charge in [-0.1, -0.05) is 31.5 Å². The third-order valence-corrected chi connectivity index (χ3v) is 5.30. The Hall–Kier alpha value is -1.26. The summed E-state index contributed by atoms with van der Waals surface area (Å²) in [6, 6.07) is 7.02. The van der Waals surface area contributed by atoms with Gasteiger partial charge in [0.2, 0.25) is 0 Å². The minimum absolute atomic E-state index is 0.143. The number of anilines is 1. The van der Waals surface area contributed by atoms with Crippen molar-refractivity contribution in [2.45, 2.75) is 57.3 Å². The van der Waals surface area contributed by atoms with Crippen LogP contribution < -0.4 is 5.32 Å². The number of carbonyl (C=O) groups is 1. The second-order valence-corrected chi connectivity index (χ2v) is 7.30. The number of hydrogen-bond acceptors (Lipinski definition) is 3. The van der Waals surface area contributed by atoms with E-state index in [1.165, 1.54) is 0 Å². The van der Waals surface area contributed by atoms with Gasteiger partial charge < -0.3 is 9.47 Å². The van der Waals surface area contributed by atoms with Crippen molar-refractivity contribution >= 4 is 23.4 Å². The van der Waals surface area contributed by atoms with Gasteiger partial charge in [0.25, 0.3) is 0 Å². The fourth-order valence-electron chi connectivity index (χ4n) is 3.58. The summed E-state index contributed by atoms with van der Waals surface area (Å²) in [6.07, 6.45) is 2.08. The van der Waals surface area contributed by atoms with Crippen molar-refractivity contribution < 1.29 is 14.3 Å². The highest BCUT2D eigenvalue weighted by Gasteiger charge is 2.61. The highest BCUT2D eigenvalue weighted by atomic mass is 35.5. The molecule has 0 aromatic heterocycles. The van der Waals surface area contributed by atoms with Crippen LogP contribution in [0.5, 0.6) is 0 Å². The van der Waals surface area contributed by atoms with Gasteiger partial charge in [-0.3, -0.25) is 5.32 Å². The SMILES string of the molecule is CC(C)[C@]12CC[C@@](C)(O1)[C@@H](OC(=O)Nc1cccc(Cl)c1)C2. The van der Waals surface area contributed by atoms with E-state index in [-0.39, 0.29) is 17.3 Å². The third kappa shape index (κ3) is 2.70. The Labute approximate surface area is 136 Å². The normalized spacial score (nSPS) is 33.2. The first-order chi connectivity index (χ1) is 10.3. The van der Waals surface area contributed by atoms with Crippen LogP contribution in [-0.4, -0.2) is 23.4 Å². The molecule has 0 spiro atoms. The molecular weight excluding hydrogens is 302 g/mol. The molecule has 22 heavy (non-hydrogen) atoms. The molecule has 1 aromatic rings. The smallest absolute Gasteiger partial charge is 0.411 e. The molecular formula is C17H22ClNO3. The topological polar surface area (TPSA) is 47.6 Å². The van der Waals surface area contributed by atoms with Crippen molar-refractivity contribution in [3.63, 3.8) is 0 Å². The van der Waals surface area contributed by atoms with Crippen molar-refractivity contribution in [2.75, 3.05) is 5.32 Å². The summed E-state index contributed by atoms with van der Waals surface area (Å²) < 4.78 is 11.9. The average molecular weight is 324 g/mol. The minimum atomic E-state index is -0.455. The Kier molecular flexibility index (Phi) is 3.86. The van der Waals surface area contributed by atoms with E-state index in [4.69, 9.17) is 21.1 Å². The lowest BCUT2D eigenvalue weighted by Crippen LogP contribution is -2.40. The number of fused-ring (bicyclic) bond motifs is 2. The number of benzene rings is 1. The fourth-order valence-corrected chi connectivity index (χ4v) is 3.77. The van der Waals surface area contributed by atoms with Gasteiger partial charge in [-0.15, -0.1) is 0 Å². The summed E-state index contributed by atoms with van der Waals surface area (Å²) in [5.41, 5.74) is 0.122. The molecule has 4 nitrogen and oxygen atoms in total. The van der Waals surface area contributed by atoms with Gasteiger partial charge in [0, 0.05) is 17.1 Å².